The van der Waals surface area contributed by atoms with Crippen molar-refractivity contribution in [3.8, 4) is 17.5 Å². The Bertz CT molecular complexity index is 540. The second-order valence-electron chi connectivity index (χ2n) is 3.84. The maximum atomic E-state index is 8.45. The Morgan fingerprint density at radius 1 is 1.35 bits per heavy atom. The molecule has 2 rings (SSSR count). The number of aryl methyl sites for hydroxylation is 2. The second kappa shape index (κ2) is 5.26. The van der Waals surface area contributed by atoms with Gasteiger partial charge in [0.2, 0.25) is 11.7 Å². The van der Waals surface area contributed by atoms with Crippen molar-refractivity contribution in [2.45, 2.75) is 26.2 Å². The van der Waals surface area contributed by atoms with Crippen molar-refractivity contribution >= 4 is 0 Å². The van der Waals surface area contributed by atoms with E-state index >= 15 is 0 Å². The van der Waals surface area contributed by atoms with E-state index in [-0.39, 0.29) is 0 Å². The van der Waals surface area contributed by atoms with Crippen LogP contribution in [-0.4, -0.2) is 10.1 Å². The molecule has 1 aromatic heterocycles. The molecule has 4 heteroatoms. The molecule has 0 atom stereocenters. The standard InChI is InChI=1S/C13H13N3O/c1-10-6-2-3-7-11(10)13-15-12(17-16-13)8-4-5-9-14/h2-3,6-7H,4-5,8H2,1H3. The molecule has 1 heterocycles. The van der Waals surface area contributed by atoms with Crippen LogP contribution in [-0.2, 0) is 6.42 Å². The molecule has 0 N–H and O–H groups in total. The molecule has 0 amide bonds. The van der Waals surface area contributed by atoms with Crippen molar-refractivity contribution in [3.63, 3.8) is 0 Å². The van der Waals surface area contributed by atoms with Crippen LogP contribution in [0, 0.1) is 18.3 Å². The van der Waals surface area contributed by atoms with Gasteiger partial charge in [0.15, 0.2) is 0 Å². The highest BCUT2D eigenvalue weighted by Gasteiger charge is 2.09. The fraction of sp³-hybridized carbons (Fsp3) is 0.308. The van der Waals surface area contributed by atoms with Crippen molar-refractivity contribution in [2.75, 3.05) is 0 Å². The van der Waals surface area contributed by atoms with Crippen LogP contribution in [0.15, 0.2) is 28.8 Å². The van der Waals surface area contributed by atoms with Gasteiger partial charge in [0.1, 0.15) is 0 Å². The van der Waals surface area contributed by atoms with Gasteiger partial charge in [-0.3, -0.25) is 0 Å². The lowest BCUT2D eigenvalue weighted by atomic mass is 10.1. The van der Waals surface area contributed by atoms with Gasteiger partial charge in [0.05, 0.1) is 6.07 Å². The number of nitrogens with zero attached hydrogens (tertiary/aromatic N) is 3. The zero-order valence-corrected chi connectivity index (χ0v) is 9.68. The van der Waals surface area contributed by atoms with Crippen molar-refractivity contribution in [1.29, 1.82) is 5.26 Å². The van der Waals surface area contributed by atoms with Crippen molar-refractivity contribution in [1.82, 2.24) is 10.1 Å². The van der Waals surface area contributed by atoms with E-state index in [1.165, 1.54) is 0 Å². The van der Waals surface area contributed by atoms with Crippen LogP contribution < -0.4 is 0 Å². The Morgan fingerprint density at radius 2 is 2.18 bits per heavy atom. The van der Waals surface area contributed by atoms with E-state index in [9.17, 15) is 0 Å². The van der Waals surface area contributed by atoms with E-state index in [0.717, 1.165) is 17.5 Å². The largest absolute Gasteiger partial charge is 0.339 e. The van der Waals surface area contributed by atoms with Gasteiger partial charge in [-0.15, -0.1) is 0 Å². The average Bonchev–Trinajstić information content (AvgIpc) is 2.79. The third-order valence-corrected chi connectivity index (χ3v) is 2.53. The monoisotopic (exact) mass is 227 g/mol. The maximum Gasteiger partial charge on any atom is 0.226 e. The lowest BCUT2D eigenvalue weighted by molar-refractivity contribution is 0.376. The topological polar surface area (TPSA) is 62.7 Å². The summed E-state index contributed by atoms with van der Waals surface area (Å²) in [5.74, 6) is 1.22. The predicted octanol–water partition coefficient (Wildman–Crippen LogP) is 2.89. The lowest BCUT2D eigenvalue weighted by Gasteiger charge is -1.97. The van der Waals surface area contributed by atoms with Crippen LogP contribution in [0.4, 0.5) is 0 Å². The molecule has 2 aromatic rings. The zero-order valence-electron chi connectivity index (χ0n) is 9.68. The van der Waals surface area contributed by atoms with Crippen molar-refractivity contribution in [3.05, 3.63) is 35.7 Å². The van der Waals surface area contributed by atoms with E-state index in [4.69, 9.17) is 9.78 Å². The van der Waals surface area contributed by atoms with Crippen LogP contribution in [0.3, 0.4) is 0 Å². The Hall–Kier alpha value is -2.15. The second-order valence-corrected chi connectivity index (χ2v) is 3.84. The molecule has 0 bridgehead atoms. The summed E-state index contributed by atoms with van der Waals surface area (Å²) in [5.41, 5.74) is 2.11. The number of benzene rings is 1. The number of unbranched alkanes of at least 4 members (excludes halogenated alkanes) is 1. The molecule has 86 valence electrons. The minimum absolute atomic E-state index is 0.516. The minimum atomic E-state index is 0.516. The van der Waals surface area contributed by atoms with E-state index in [0.29, 0.717) is 24.6 Å². The normalized spacial score (nSPS) is 10.1. The van der Waals surface area contributed by atoms with Gasteiger partial charge in [-0.1, -0.05) is 29.4 Å². The van der Waals surface area contributed by atoms with Gasteiger partial charge in [-0.05, 0) is 18.9 Å². The first-order chi connectivity index (χ1) is 8.31. The minimum Gasteiger partial charge on any atom is -0.339 e. The van der Waals surface area contributed by atoms with Gasteiger partial charge in [-0.2, -0.15) is 10.2 Å². The molecule has 0 unspecified atom stereocenters. The SMILES string of the molecule is Cc1ccccc1-c1noc(CCCC#N)n1. The molecule has 0 spiro atoms. The molecule has 0 fully saturated rings. The molecule has 0 aliphatic rings. The molecule has 0 aliphatic heterocycles. The maximum absolute atomic E-state index is 8.45. The molecule has 4 nitrogen and oxygen atoms in total. The predicted molar refractivity (Wildman–Crippen MR) is 63.0 cm³/mol. The number of hydrogen-bond acceptors (Lipinski definition) is 4. The van der Waals surface area contributed by atoms with E-state index in [1.807, 2.05) is 31.2 Å². The first-order valence-corrected chi connectivity index (χ1v) is 5.57. The third kappa shape index (κ3) is 2.70. The van der Waals surface area contributed by atoms with Gasteiger partial charge < -0.3 is 4.52 Å². The van der Waals surface area contributed by atoms with Crippen molar-refractivity contribution < 1.29 is 4.52 Å². The van der Waals surface area contributed by atoms with Gasteiger partial charge in [-0.25, -0.2) is 0 Å². The Kier molecular flexibility index (Phi) is 3.51. The smallest absolute Gasteiger partial charge is 0.226 e. The quantitative estimate of drug-likeness (QED) is 0.753. The first kappa shape index (κ1) is 11.3. The van der Waals surface area contributed by atoms with Gasteiger partial charge in [0, 0.05) is 18.4 Å². The number of nitriles is 1. The summed E-state index contributed by atoms with van der Waals surface area (Å²) in [6, 6.07) is 10.0. The zero-order chi connectivity index (χ0) is 12.1. The Morgan fingerprint density at radius 3 is 2.94 bits per heavy atom. The fourth-order valence-corrected chi connectivity index (χ4v) is 1.61. The number of rotatable bonds is 4. The van der Waals surface area contributed by atoms with Crippen LogP contribution in [0.2, 0.25) is 0 Å². The van der Waals surface area contributed by atoms with Crippen LogP contribution >= 0.6 is 0 Å². The number of hydrogen-bond donors (Lipinski definition) is 0. The van der Waals surface area contributed by atoms with Crippen LogP contribution in [0.1, 0.15) is 24.3 Å². The Labute approximate surface area is 99.9 Å². The summed E-state index contributed by atoms with van der Waals surface area (Å²) in [6.45, 7) is 2.01. The molecular formula is C13H13N3O. The highest BCUT2D eigenvalue weighted by atomic mass is 16.5. The molecule has 0 radical (unpaired) electrons. The molecule has 0 saturated carbocycles. The molecule has 1 aromatic carbocycles. The third-order valence-electron chi connectivity index (χ3n) is 2.53. The van der Waals surface area contributed by atoms with Gasteiger partial charge >= 0.3 is 0 Å². The highest BCUT2D eigenvalue weighted by Crippen LogP contribution is 2.20. The summed E-state index contributed by atoms with van der Waals surface area (Å²) >= 11 is 0. The molecular weight excluding hydrogens is 214 g/mol. The molecule has 17 heavy (non-hydrogen) atoms. The molecule has 0 aliphatic carbocycles. The summed E-state index contributed by atoms with van der Waals surface area (Å²) in [6.07, 6.45) is 1.93. The van der Waals surface area contributed by atoms with E-state index in [1.54, 1.807) is 0 Å². The van der Waals surface area contributed by atoms with Crippen LogP contribution in [0.5, 0.6) is 0 Å². The summed E-state index contributed by atoms with van der Waals surface area (Å²) in [7, 11) is 0. The summed E-state index contributed by atoms with van der Waals surface area (Å²) < 4.78 is 5.15. The number of aromatic nitrogens is 2. The van der Waals surface area contributed by atoms with E-state index in [2.05, 4.69) is 16.2 Å². The van der Waals surface area contributed by atoms with Gasteiger partial charge in [0.25, 0.3) is 0 Å². The average molecular weight is 227 g/mol. The summed E-state index contributed by atoms with van der Waals surface area (Å²) in [5, 5.41) is 12.4. The fourth-order valence-electron chi connectivity index (χ4n) is 1.61. The summed E-state index contributed by atoms with van der Waals surface area (Å²) in [4.78, 5) is 4.33. The lowest BCUT2D eigenvalue weighted by Crippen LogP contribution is -1.87. The first-order valence-electron chi connectivity index (χ1n) is 5.57. The highest BCUT2D eigenvalue weighted by molar-refractivity contribution is 5.58. The van der Waals surface area contributed by atoms with E-state index < -0.39 is 0 Å². The van der Waals surface area contributed by atoms with Crippen LogP contribution in [0.25, 0.3) is 11.4 Å². The molecule has 0 saturated heterocycles. The Balaban J connectivity index is 2.14. The van der Waals surface area contributed by atoms with Crippen molar-refractivity contribution in [2.24, 2.45) is 0 Å².